The minimum Gasteiger partial charge on any atom is -0.463 e. The lowest BCUT2D eigenvalue weighted by Gasteiger charge is -1.97. The van der Waals surface area contributed by atoms with Crippen LogP contribution in [0.1, 0.15) is 0 Å². The van der Waals surface area contributed by atoms with Gasteiger partial charge >= 0.3 is 0 Å². The van der Waals surface area contributed by atoms with Crippen molar-refractivity contribution in [3.63, 3.8) is 0 Å². The number of furan rings is 1. The van der Waals surface area contributed by atoms with Crippen LogP contribution in [-0.4, -0.2) is 16.0 Å². The molecule has 0 unspecified atom stereocenters. The van der Waals surface area contributed by atoms with E-state index in [0.29, 0.717) is 0 Å². The third-order valence-corrected chi connectivity index (χ3v) is 2.68. The Morgan fingerprint density at radius 1 is 1.33 bits per heavy atom. The second-order valence-corrected chi connectivity index (χ2v) is 3.87. The van der Waals surface area contributed by atoms with Crippen molar-refractivity contribution in [2.75, 3.05) is 5.75 Å². The van der Waals surface area contributed by atoms with Crippen LogP contribution < -0.4 is 0 Å². The van der Waals surface area contributed by atoms with Crippen LogP contribution in [0.2, 0.25) is 0 Å². The summed E-state index contributed by atoms with van der Waals surface area (Å²) in [5.41, 5.74) is 0.753. The van der Waals surface area contributed by atoms with E-state index in [1.807, 2.05) is 30.3 Å². The van der Waals surface area contributed by atoms with E-state index in [9.17, 15) is 0 Å². The summed E-state index contributed by atoms with van der Waals surface area (Å²) in [5, 5.41) is 9.05. The van der Waals surface area contributed by atoms with Gasteiger partial charge in [-0.1, -0.05) is 6.08 Å². The standard InChI is InChI=1S/C11H10N2OS/c1-2-8-15-11-6-5-9(12-13-11)10-4-3-7-14-10/h2-7H,1,8H2. The fraction of sp³-hybridized carbons (Fsp3) is 0.0909. The maximum Gasteiger partial charge on any atom is 0.154 e. The molecule has 4 heteroatoms. The van der Waals surface area contributed by atoms with Gasteiger partial charge in [0, 0.05) is 5.75 Å². The molecule has 2 heterocycles. The Hall–Kier alpha value is -1.55. The molecule has 0 spiro atoms. The fourth-order valence-corrected chi connectivity index (χ4v) is 1.65. The summed E-state index contributed by atoms with van der Waals surface area (Å²) >= 11 is 1.60. The monoisotopic (exact) mass is 218 g/mol. The highest BCUT2D eigenvalue weighted by atomic mass is 32.2. The summed E-state index contributed by atoms with van der Waals surface area (Å²) in [6, 6.07) is 7.52. The molecule has 2 rings (SSSR count). The van der Waals surface area contributed by atoms with Crippen molar-refractivity contribution in [2.24, 2.45) is 0 Å². The van der Waals surface area contributed by atoms with E-state index in [1.165, 1.54) is 0 Å². The third-order valence-electron chi connectivity index (χ3n) is 1.76. The predicted molar refractivity (Wildman–Crippen MR) is 60.7 cm³/mol. The van der Waals surface area contributed by atoms with Gasteiger partial charge in [-0.2, -0.15) is 0 Å². The number of hydrogen-bond donors (Lipinski definition) is 0. The van der Waals surface area contributed by atoms with E-state index in [2.05, 4.69) is 16.8 Å². The molecule has 76 valence electrons. The predicted octanol–water partition coefficient (Wildman–Crippen LogP) is 3.01. The van der Waals surface area contributed by atoms with Gasteiger partial charge < -0.3 is 4.42 Å². The van der Waals surface area contributed by atoms with Crippen LogP contribution in [0.5, 0.6) is 0 Å². The van der Waals surface area contributed by atoms with Crippen molar-refractivity contribution in [3.05, 3.63) is 43.2 Å². The molecule has 0 aliphatic heterocycles. The molecular weight excluding hydrogens is 208 g/mol. The molecule has 2 aromatic rings. The first-order chi connectivity index (χ1) is 7.40. The Balaban J connectivity index is 2.14. The molecule has 3 nitrogen and oxygen atoms in total. The van der Waals surface area contributed by atoms with Crippen molar-refractivity contribution >= 4 is 11.8 Å². The van der Waals surface area contributed by atoms with Gasteiger partial charge in [-0.05, 0) is 24.3 Å². The first-order valence-electron chi connectivity index (χ1n) is 4.51. The molecule has 0 fully saturated rings. The van der Waals surface area contributed by atoms with Crippen LogP contribution in [0, 0.1) is 0 Å². The lowest BCUT2D eigenvalue weighted by Crippen LogP contribution is -1.88. The lowest BCUT2D eigenvalue weighted by molar-refractivity contribution is 0.578. The van der Waals surface area contributed by atoms with Crippen LogP contribution in [0.4, 0.5) is 0 Å². The van der Waals surface area contributed by atoms with E-state index < -0.39 is 0 Å². The second kappa shape index (κ2) is 4.79. The van der Waals surface area contributed by atoms with Crippen molar-refractivity contribution < 1.29 is 4.42 Å². The highest BCUT2D eigenvalue weighted by Crippen LogP contribution is 2.19. The van der Waals surface area contributed by atoms with E-state index in [0.717, 1.165) is 22.2 Å². The van der Waals surface area contributed by atoms with Crippen molar-refractivity contribution in [1.82, 2.24) is 10.2 Å². The smallest absolute Gasteiger partial charge is 0.154 e. The molecule has 0 N–H and O–H groups in total. The molecule has 0 aliphatic carbocycles. The maximum absolute atomic E-state index is 5.22. The van der Waals surface area contributed by atoms with Gasteiger partial charge in [0.25, 0.3) is 0 Å². The Kier molecular flexibility index (Phi) is 3.19. The molecule has 0 saturated heterocycles. The summed E-state index contributed by atoms with van der Waals surface area (Å²) in [7, 11) is 0. The summed E-state index contributed by atoms with van der Waals surface area (Å²) in [6.07, 6.45) is 3.46. The average molecular weight is 218 g/mol. The molecule has 2 aromatic heterocycles. The van der Waals surface area contributed by atoms with Gasteiger partial charge in [0.2, 0.25) is 0 Å². The van der Waals surface area contributed by atoms with Gasteiger partial charge in [0.15, 0.2) is 5.76 Å². The normalized spacial score (nSPS) is 10.1. The number of nitrogens with zero attached hydrogens (tertiary/aromatic N) is 2. The summed E-state index contributed by atoms with van der Waals surface area (Å²) in [4.78, 5) is 0. The van der Waals surface area contributed by atoms with Gasteiger partial charge in [-0.25, -0.2) is 0 Å². The van der Waals surface area contributed by atoms with Crippen LogP contribution in [0.15, 0.2) is 52.6 Å². The largest absolute Gasteiger partial charge is 0.463 e. The van der Waals surface area contributed by atoms with Crippen molar-refractivity contribution in [2.45, 2.75) is 5.03 Å². The minimum absolute atomic E-state index is 0.739. The van der Waals surface area contributed by atoms with Gasteiger partial charge in [0.1, 0.15) is 10.7 Å². The zero-order valence-electron chi connectivity index (χ0n) is 8.09. The first-order valence-corrected chi connectivity index (χ1v) is 5.50. The van der Waals surface area contributed by atoms with Crippen LogP contribution in [-0.2, 0) is 0 Å². The Morgan fingerprint density at radius 3 is 2.87 bits per heavy atom. The molecule has 0 aromatic carbocycles. The maximum atomic E-state index is 5.22. The first kappa shape index (κ1) is 9.98. The number of hydrogen-bond acceptors (Lipinski definition) is 4. The molecule has 0 atom stereocenters. The zero-order chi connectivity index (χ0) is 10.5. The molecule has 15 heavy (non-hydrogen) atoms. The average Bonchev–Trinajstić information content (AvgIpc) is 2.80. The summed E-state index contributed by atoms with van der Waals surface area (Å²) < 4.78 is 5.22. The molecule has 0 saturated carbocycles. The SMILES string of the molecule is C=CCSc1ccc(-c2ccco2)nn1. The van der Waals surface area contributed by atoms with Gasteiger partial charge in [0.05, 0.1) is 6.26 Å². The highest BCUT2D eigenvalue weighted by Gasteiger charge is 2.02. The molecular formula is C11H10N2OS. The second-order valence-electron chi connectivity index (χ2n) is 2.83. The zero-order valence-corrected chi connectivity index (χ0v) is 8.91. The summed E-state index contributed by atoms with van der Waals surface area (Å²) in [6.45, 7) is 3.65. The quantitative estimate of drug-likeness (QED) is 0.584. The van der Waals surface area contributed by atoms with Crippen LogP contribution in [0.3, 0.4) is 0 Å². The van der Waals surface area contributed by atoms with Crippen LogP contribution in [0.25, 0.3) is 11.5 Å². The molecule has 0 bridgehead atoms. The number of thioether (sulfide) groups is 1. The van der Waals surface area contributed by atoms with E-state index in [4.69, 9.17) is 4.42 Å². The Bertz CT molecular complexity index is 422. The van der Waals surface area contributed by atoms with E-state index in [1.54, 1.807) is 18.0 Å². The molecule has 0 aliphatic rings. The lowest BCUT2D eigenvalue weighted by atomic mass is 10.3. The number of aromatic nitrogens is 2. The van der Waals surface area contributed by atoms with E-state index >= 15 is 0 Å². The van der Waals surface area contributed by atoms with Crippen molar-refractivity contribution in [3.8, 4) is 11.5 Å². The summed E-state index contributed by atoms with van der Waals surface area (Å²) in [5.74, 6) is 1.58. The molecule has 0 amide bonds. The van der Waals surface area contributed by atoms with Crippen molar-refractivity contribution in [1.29, 1.82) is 0 Å². The highest BCUT2D eigenvalue weighted by molar-refractivity contribution is 7.99. The molecule has 0 radical (unpaired) electrons. The number of rotatable bonds is 4. The Labute approximate surface area is 92.2 Å². The topological polar surface area (TPSA) is 38.9 Å². The third kappa shape index (κ3) is 2.47. The van der Waals surface area contributed by atoms with Gasteiger partial charge in [-0.3, -0.25) is 0 Å². The van der Waals surface area contributed by atoms with E-state index in [-0.39, 0.29) is 0 Å². The van der Waals surface area contributed by atoms with Crippen LogP contribution >= 0.6 is 11.8 Å². The fourth-order valence-electron chi connectivity index (χ4n) is 1.10. The van der Waals surface area contributed by atoms with Gasteiger partial charge in [-0.15, -0.1) is 28.5 Å². The minimum atomic E-state index is 0.739. The Morgan fingerprint density at radius 2 is 2.27 bits per heavy atom.